The lowest BCUT2D eigenvalue weighted by Gasteiger charge is -2.31. The van der Waals surface area contributed by atoms with Crippen LogP contribution in [0.2, 0.25) is 0 Å². The van der Waals surface area contributed by atoms with Crippen molar-refractivity contribution in [3.63, 3.8) is 0 Å². The van der Waals surface area contributed by atoms with E-state index in [1.807, 2.05) is 12.4 Å². The molecule has 4 rings (SSSR count). The van der Waals surface area contributed by atoms with Gasteiger partial charge < -0.3 is 18.8 Å². The van der Waals surface area contributed by atoms with E-state index in [-0.39, 0.29) is 16.2 Å². The fourth-order valence-electron chi connectivity index (χ4n) is 6.25. The minimum atomic E-state index is -0.303. The lowest BCUT2D eigenvalue weighted by molar-refractivity contribution is 0.258. The van der Waals surface area contributed by atoms with Gasteiger partial charge in [0.05, 0.1) is 16.2 Å². The Balaban J connectivity index is 1.79. The highest BCUT2D eigenvalue weighted by atomic mass is 16.4. The smallest absolute Gasteiger partial charge is 0.117 e. The zero-order valence-electron chi connectivity index (χ0n) is 22.3. The first kappa shape index (κ1) is 25.2. The van der Waals surface area contributed by atoms with E-state index in [2.05, 4.69) is 100 Å². The first-order chi connectivity index (χ1) is 17.0. The molecule has 0 amide bonds. The van der Waals surface area contributed by atoms with E-state index in [1.165, 1.54) is 11.4 Å². The highest BCUT2D eigenvalue weighted by Crippen LogP contribution is 2.47. The molecule has 188 valence electrons. The van der Waals surface area contributed by atoms with Gasteiger partial charge in [0, 0.05) is 23.8 Å². The van der Waals surface area contributed by atoms with Gasteiger partial charge in [0.1, 0.15) is 23.0 Å². The van der Waals surface area contributed by atoms with Gasteiger partial charge in [-0.3, -0.25) is 0 Å². The number of aromatic amines is 2. The van der Waals surface area contributed by atoms with E-state index < -0.39 is 0 Å². The van der Waals surface area contributed by atoms with E-state index in [0.29, 0.717) is 0 Å². The molecule has 0 fully saturated rings. The zero-order chi connectivity index (χ0) is 25.1. The third kappa shape index (κ3) is 3.82. The van der Waals surface area contributed by atoms with E-state index in [0.717, 1.165) is 61.6 Å². The summed E-state index contributed by atoms with van der Waals surface area (Å²) in [5, 5.41) is 0. The maximum absolute atomic E-state index is 6.79. The molecule has 0 radical (unpaired) electrons. The Morgan fingerprint density at radius 2 is 0.800 bits per heavy atom. The van der Waals surface area contributed by atoms with Crippen LogP contribution < -0.4 is 0 Å². The van der Waals surface area contributed by atoms with Gasteiger partial charge in [-0.25, -0.2) is 0 Å². The van der Waals surface area contributed by atoms with Crippen molar-refractivity contribution in [1.29, 1.82) is 0 Å². The van der Waals surface area contributed by atoms with Crippen LogP contribution in [0.3, 0.4) is 0 Å². The molecule has 0 unspecified atom stereocenters. The van der Waals surface area contributed by atoms with Crippen LogP contribution in [-0.4, -0.2) is 9.97 Å². The topological polar surface area (TPSA) is 57.9 Å². The minimum Gasteiger partial charge on any atom is -0.464 e. The van der Waals surface area contributed by atoms with Crippen molar-refractivity contribution in [2.24, 2.45) is 0 Å². The number of nitrogens with one attached hydrogen (secondary N) is 2. The zero-order valence-corrected chi connectivity index (χ0v) is 22.3. The van der Waals surface area contributed by atoms with E-state index in [9.17, 15) is 0 Å². The first-order valence-electron chi connectivity index (χ1n) is 13.5. The molecule has 0 aliphatic carbocycles. The van der Waals surface area contributed by atoms with E-state index in [1.54, 1.807) is 0 Å². The van der Waals surface area contributed by atoms with E-state index >= 15 is 0 Å². The Bertz CT molecular complexity index is 1070. The maximum atomic E-state index is 6.79. The Kier molecular flexibility index (Phi) is 7.21. The molecular formula is C31H42N2O2. The number of aromatic nitrogens is 2. The van der Waals surface area contributed by atoms with Crippen LogP contribution >= 0.6 is 0 Å². The Morgan fingerprint density at radius 3 is 1.06 bits per heavy atom. The number of furan rings is 2. The summed E-state index contributed by atoms with van der Waals surface area (Å²) in [6.45, 7) is 13.5. The van der Waals surface area contributed by atoms with Crippen molar-refractivity contribution in [2.75, 3.05) is 0 Å². The van der Waals surface area contributed by atoms with Crippen LogP contribution in [0.5, 0.6) is 0 Å². The average Bonchev–Trinajstić information content (AvgIpc) is 3.72. The van der Waals surface area contributed by atoms with Crippen LogP contribution in [0.15, 0.2) is 69.8 Å². The van der Waals surface area contributed by atoms with Gasteiger partial charge in [-0.05, 0) is 87.1 Å². The third-order valence-electron chi connectivity index (χ3n) is 8.95. The Hall–Kier alpha value is -2.88. The average molecular weight is 475 g/mol. The van der Waals surface area contributed by atoms with Gasteiger partial charge in [-0.15, -0.1) is 0 Å². The highest BCUT2D eigenvalue weighted by Gasteiger charge is 2.42. The number of hydrogen-bond acceptors (Lipinski definition) is 2. The quantitative estimate of drug-likeness (QED) is 0.215. The molecule has 0 bridgehead atoms. The van der Waals surface area contributed by atoms with Crippen molar-refractivity contribution >= 4 is 0 Å². The van der Waals surface area contributed by atoms with Gasteiger partial charge in [0.15, 0.2) is 0 Å². The van der Waals surface area contributed by atoms with Gasteiger partial charge >= 0.3 is 0 Å². The van der Waals surface area contributed by atoms with Gasteiger partial charge in [0.2, 0.25) is 0 Å². The number of H-pyrrole nitrogens is 2. The standard InChI is InChI=1S/C31H42N2O2/c1-7-29(8-2,23-15-13-21-32-23)25-17-19-27(34-25)31(11-5,12-6)28-20-18-26(35-28)30(9-3,10-4)24-16-14-22-33-24/h13-22,32-33H,7-12H2,1-6H3. The van der Waals surface area contributed by atoms with Crippen LogP contribution in [0.4, 0.5) is 0 Å². The summed E-state index contributed by atoms with van der Waals surface area (Å²) in [5.41, 5.74) is 1.81. The minimum absolute atomic E-state index is 0.156. The molecule has 4 heterocycles. The highest BCUT2D eigenvalue weighted by molar-refractivity contribution is 5.37. The molecule has 0 saturated heterocycles. The monoisotopic (exact) mass is 474 g/mol. The van der Waals surface area contributed by atoms with Gasteiger partial charge in [-0.1, -0.05) is 41.5 Å². The molecule has 4 nitrogen and oxygen atoms in total. The normalized spacial score (nSPS) is 13.0. The summed E-state index contributed by atoms with van der Waals surface area (Å²) in [5.74, 6) is 4.05. The molecule has 0 aromatic carbocycles. The van der Waals surface area contributed by atoms with Crippen molar-refractivity contribution in [3.8, 4) is 0 Å². The van der Waals surface area contributed by atoms with Gasteiger partial charge in [0.25, 0.3) is 0 Å². The summed E-state index contributed by atoms with van der Waals surface area (Å²) >= 11 is 0. The molecule has 0 aliphatic rings. The second kappa shape index (κ2) is 10.0. The molecule has 0 atom stereocenters. The second-order valence-electron chi connectivity index (χ2n) is 9.86. The summed E-state index contributed by atoms with van der Waals surface area (Å²) in [6.07, 6.45) is 9.71. The number of hydrogen-bond donors (Lipinski definition) is 2. The van der Waals surface area contributed by atoms with Crippen LogP contribution in [0, 0.1) is 0 Å². The van der Waals surface area contributed by atoms with Crippen molar-refractivity contribution in [2.45, 2.75) is 96.3 Å². The Labute approximate surface area is 210 Å². The Morgan fingerprint density at radius 1 is 0.486 bits per heavy atom. The predicted octanol–water partition coefficient (Wildman–Crippen LogP) is 8.85. The summed E-state index contributed by atoms with van der Waals surface area (Å²) in [6, 6.07) is 17.3. The van der Waals surface area contributed by atoms with Gasteiger partial charge in [-0.2, -0.15) is 0 Å². The lowest BCUT2D eigenvalue weighted by Crippen LogP contribution is -2.28. The molecule has 4 heteroatoms. The summed E-state index contributed by atoms with van der Waals surface area (Å²) < 4.78 is 13.6. The second-order valence-corrected chi connectivity index (χ2v) is 9.86. The molecule has 4 aromatic rings. The molecule has 0 aliphatic heterocycles. The van der Waals surface area contributed by atoms with Crippen LogP contribution in [0.25, 0.3) is 0 Å². The van der Waals surface area contributed by atoms with Crippen LogP contribution in [0.1, 0.15) is 114 Å². The summed E-state index contributed by atoms with van der Waals surface area (Å²) in [4.78, 5) is 6.90. The van der Waals surface area contributed by atoms with Crippen molar-refractivity contribution < 1.29 is 8.83 Å². The molecule has 0 spiro atoms. The molecule has 2 N–H and O–H groups in total. The fraction of sp³-hybridized carbons (Fsp3) is 0.484. The largest absolute Gasteiger partial charge is 0.464 e. The van der Waals surface area contributed by atoms with Crippen molar-refractivity contribution in [1.82, 2.24) is 9.97 Å². The third-order valence-corrected chi connectivity index (χ3v) is 8.95. The predicted molar refractivity (Wildman–Crippen MR) is 143 cm³/mol. The lowest BCUT2D eigenvalue weighted by atomic mass is 9.77. The molecule has 0 saturated carbocycles. The van der Waals surface area contributed by atoms with Crippen LogP contribution in [-0.2, 0) is 16.2 Å². The number of rotatable bonds is 12. The molecular weight excluding hydrogens is 432 g/mol. The fourth-order valence-corrected chi connectivity index (χ4v) is 6.25. The van der Waals surface area contributed by atoms with E-state index in [4.69, 9.17) is 8.83 Å². The maximum Gasteiger partial charge on any atom is 0.117 e. The SMILES string of the molecule is CCC(CC)(c1ccc[nH]1)c1ccc(C(CC)(CC)c2ccc(C(CC)(CC)c3ccc[nH]3)o2)o1. The molecule has 35 heavy (non-hydrogen) atoms. The van der Waals surface area contributed by atoms with Crippen molar-refractivity contribution in [3.05, 3.63) is 95.4 Å². The first-order valence-corrected chi connectivity index (χ1v) is 13.5. The molecule has 4 aromatic heterocycles. The summed E-state index contributed by atoms with van der Waals surface area (Å²) in [7, 11) is 0.